The van der Waals surface area contributed by atoms with Crippen molar-refractivity contribution in [3.8, 4) is 0 Å². The molecule has 0 heterocycles. The highest BCUT2D eigenvalue weighted by atomic mass is 16.6. The van der Waals surface area contributed by atoms with E-state index in [1.807, 2.05) is 0 Å². The van der Waals surface area contributed by atoms with Gasteiger partial charge in [0, 0.05) is 12.1 Å². The van der Waals surface area contributed by atoms with Crippen LogP contribution in [-0.2, 0) is 0 Å². The Bertz CT molecular complexity index is 306. The van der Waals surface area contributed by atoms with E-state index in [1.54, 1.807) is 0 Å². The molecule has 0 amide bonds. The summed E-state index contributed by atoms with van der Waals surface area (Å²) >= 11 is 0. The Morgan fingerprint density at radius 2 is 1.83 bits per heavy atom. The fourth-order valence-corrected chi connectivity index (χ4v) is 0.688. The average molecular weight is 166 g/mol. The van der Waals surface area contributed by atoms with Gasteiger partial charge in [-0.15, -0.1) is 0 Å². The number of benzene rings is 1. The van der Waals surface area contributed by atoms with Crippen LogP contribution in [-0.4, -0.2) is 4.92 Å². The molecule has 1 aromatic carbocycles. The fourth-order valence-electron chi connectivity index (χ4n) is 0.688. The van der Waals surface area contributed by atoms with E-state index in [4.69, 9.17) is 0 Å². The molecule has 0 unspecified atom stereocenters. The van der Waals surface area contributed by atoms with E-state index in [2.05, 4.69) is 10.4 Å². The average Bonchev–Trinajstić information content (AvgIpc) is 2.06. The van der Waals surface area contributed by atoms with Gasteiger partial charge in [-0.2, -0.15) is 5.11 Å². The molecular formula is C6H4N3O3-. The first-order chi connectivity index (χ1) is 5.74. The minimum absolute atomic E-state index is 0.0418. The van der Waals surface area contributed by atoms with Crippen LogP contribution in [0.4, 0.5) is 11.4 Å². The number of nitro benzene ring substituents is 1. The van der Waals surface area contributed by atoms with Crippen LogP contribution in [0.5, 0.6) is 0 Å². The van der Waals surface area contributed by atoms with Crippen molar-refractivity contribution in [1.82, 2.24) is 0 Å². The largest absolute Gasteiger partial charge is 0.775 e. The SMILES string of the molecule is O=[N+]([O-])c1ccc(N=N[O-])cc1. The first-order valence-electron chi connectivity index (χ1n) is 3.02. The predicted molar refractivity (Wildman–Crippen MR) is 41.0 cm³/mol. The summed E-state index contributed by atoms with van der Waals surface area (Å²) in [6, 6.07) is 5.20. The van der Waals surface area contributed by atoms with Crippen LogP contribution < -0.4 is 0 Å². The first kappa shape index (κ1) is 8.12. The number of non-ortho nitro benzene ring substituents is 1. The van der Waals surface area contributed by atoms with Crippen LogP contribution in [0.3, 0.4) is 0 Å². The van der Waals surface area contributed by atoms with E-state index >= 15 is 0 Å². The molecule has 1 rings (SSSR count). The maximum atomic E-state index is 10.2. The molecule has 0 saturated heterocycles. The van der Waals surface area contributed by atoms with Gasteiger partial charge < -0.3 is 5.21 Å². The molecule has 6 nitrogen and oxygen atoms in total. The van der Waals surface area contributed by atoms with E-state index in [1.165, 1.54) is 24.3 Å². The minimum Gasteiger partial charge on any atom is -0.775 e. The third kappa shape index (κ3) is 1.75. The van der Waals surface area contributed by atoms with E-state index in [0.717, 1.165) is 0 Å². The maximum absolute atomic E-state index is 10.2. The Morgan fingerprint density at radius 1 is 1.25 bits per heavy atom. The molecule has 0 aliphatic carbocycles. The number of nitro groups is 1. The molecule has 0 saturated carbocycles. The quantitative estimate of drug-likeness (QED) is 0.383. The summed E-state index contributed by atoms with van der Waals surface area (Å²) in [7, 11) is 0. The summed E-state index contributed by atoms with van der Waals surface area (Å²) in [5.41, 5.74) is 0.260. The van der Waals surface area contributed by atoms with Crippen molar-refractivity contribution in [3.05, 3.63) is 39.6 Å². The molecular weight excluding hydrogens is 162 g/mol. The first-order valence-corrected chi connectivity index (χ1v) is 3.02. The van der Waals surface area contributed by atoms with Gasteiger partial charge in [0.1, 0.15) is 0 Å². The number of rotatable bonds is 2. The molecule has 0 N–H and O–H groups in total. The van der Waals surface area contributed by atoms with Gasteiger partial charge in [-0.05, 0) is 12.1 Å². The summed E-state index contributed by atoms with van der Waals surface area (Å²) in [5.74, 6) is 0. The minimum atomic E-state index is -0.530. The standard InChI is InChI=1S/C6H5N3O3/c10-8-7-5-1-3-6(4-2-5)9(11)12/h1-4H,(H,7,10)/p-1. The lowest BCUT2D eigenvalue weighted by atomic mass is 10.3. The Labute approximate surface area is 67.3 Å². The topological polar surface area (TPSA) is 90.9 Å². The molecule has 62 valence electrons. The Hall–Kier alpha value is -1.98. The van der Waals surface area contributed by atoms with Crippen LogP contribution in [0.2, 0.25) is 0 Å². The zero-order valence-electron chi connectivity index (χ0n) is 5.88. The third-order valence-corrected chi connectivity index (χ3v) is 1.22. The van der Waals surface area contributed by atoms with Gasteiger partial charge in [0.15, 0.2) is 0 Å². The second-order valence-corrected chi connectivity index (χ2v) is 1.96. The van der Waals surface area contributed by atoms with Gasteiger partial charge in [-0.1, -0.05) is 0 Å². The maximum Gasteiger partial charge on any atom is 0.269 e. The summed E-state index contributed by atoms with van der Waals surface area (Å²) in [4.78, 5) is 9.63. The van der Waals surface area contributed by atoms with Crippen molar-refractivity contribution in [2.75, 3.05) is 0 Å². The van der Waals surface area contributed by atoms with Crippen LogP contribution in [0.1, 0.15) is 0 Å². The highest BCUT2D eigenvalue weighted by Crippen LogP contribution is 2.17. The molecule has 0 atom stereocenters. The lowest BCUT2D eigenvalue weighted by Crippen LogP contribution is -1.85. The molecule has 0 bridgehead atoms. The lowest BCUT2D eigenvalue weighted by Gasteiger charge is -1.92. The van der Waals surface area contributed by atoms with E-state index in [9.17, 15) is 15.3 Å². The molecule has 0 aromatic heterocycles. The molecule has 0 radical (unpaired) electrons. The highest BCUT2D eigenvalue weighted by Gasteiger charge is 2.02. The molecule has 6 heteroatoms. The Morgan fingerprint density at radius 3 is 2.25 bits per heavy atom. The van der Waals surface area contributed by atoms with Gasteiger partial charge in [-0.3, -0.25) is 10.1 Å². The zero-order chi connectivity index (χ0) is 8.97. The molecule has 0 fully saturated rings. The summed E-state index contributed by atoms with van der Waals surface area (Å²) in [6.45, 7) is 0. The van der Waals surface area contributed by atoms with E-state index < -0.39 is 4.92 Å². The molecule has 12 heavy (non-hydrogen) atoms. The van der Waals surface area contributed by atoms with Crippen molar-refractivity contribution >= 4 is 11.4 Å². The van der Waals surface area contributed by atoms with E-state index in [0.29, 0.717) is 5.69 Å². The van der Waals surface area contributed by atoms with Crippen molar-refractivity contribution in [3.63, 3.8) is 0 Å². The molecule has 0 aliphatic heterocycles. The Kier molecular flexibility index (Phi) is 2.32. The van der Waals surface area contributed by atoms with Crippen LogP contribution in [0.25, 0.3) is 0 Å². The molecule has 0 aliphatic rings. The monoisotopic (exact) mass is 166 g/mol. The van der Waals surface area contributed by atoms with Gasteiger partial charge in [0.2, 0.25) is 0 Å². The Balaban J connectivity index is 2.93. The number of nitrogens with zero attached hydrogens (tertiary/aromatic N) is 3. The summed E-state index contributed by atoms with van der Waals surface area (Å²) in [5, 5.41) is 25.2. The summed E-state index contributed by atoms with van der Waals surface area (Å²) < 4.78 is 0. The second-order valence-electron chi connectivity index (χ2n) is 1.96. The normalized spacial score (nSPS) is 10.3. The van der Waals surface area contributed by atoms with Crippen LogP contribution >= 0.6 is 0 Å². The lowest BCUT2D eigenvalue weighted by molar-refractivity contribution is -0.384. The van der Waals surface area contributed by atoms with Crippen molar-refractivity contribution in [2.45, 2.75) is 0 Å². The zero-order valence-corrected chi connectivity index (χ0v) is 5.88. The van der Waals surface area contributed by atoms with Crippen LogP contribution in [0, 0.1) is 15.3 Å². The van der Waals surface area contributed by atoms with Gasteiger partial charge in [0.25, 0.3) is 5.69 Å². The number of hydrogen-bond acceptors (Lipinski definition) is 5. The molecule has 0 spiro atoms. The molecule has 1 aromatic rings. The van der Waals surface area contributed by atoms with Crippen molar-refractivity contribution in [2.24, 2.45) is 10.4 Å². The highest BCUT2D eigenvalue weighted by molar-refractivity contribution is 5.43. The van der Waals surface area contributed by atoms with Crippen LogP contribution in [0.15, 0.2) is 34.7 Å². The second kappa shape index (κ2) is 3.42. The summed E-state index contributed by atoms with van der Waals surface area (Å²) in [6.07, 6.45) is 0. The van der Waals surface area contributed by atoms with E-state index in [-0.39, 0.29) is 5.69 Å². The van der Waals surface area contributed by atoms with Crippen molar-refractivity contribution < 1.29 is 4.92 Å². The third-order valence-electron chi connectivity index (χ3n) is 1.22. The van der Waals surface area contributed by atoms with Gasteiger partial charge in [-0.25, -0.2) is 5.28 Å². The fraction of sp³-hybridized carbons (Fsp3) is 0. The smallest absolute Gasteiger partial charge is 0.269 e. The predicted octanol–water partition coefficient (Wildman–Crippen LogP) is 2.18. The van der Waals surface area contributed by atoms with Gasteiger partial charge in [0.05, 0.1) is 10.6 Å². The number of hydrogen-bond donors (Lipinski definition) is 0. The van der Waals surface area contributed by atoms with Gasteiger partial charge >= 0.3 is 0 Å². The van der Waals surface area contributed by atoms with Crippen molar-refractivity contribution in [1.29, 1.82) is 0 Å².